The molecular formula is C21H22N4O3. The van der Waals surface area contributed by atoms with Crippen LogP contribution in [0, 0.1) is 6.92 Å². The number of carbonyl (C=O) groups is 1. The number of rotatable bonds is 5. The fourth-order valence-electron chi connectivity index (χ4n) is 3.23. The summed E-state index contributed by atoms with van der Waals surface area (Å²) >= 11 is 0. The number of hydrogen-bond acceptors (Lipinski definition) is 6. The monoisotopic (exact) mass is 378 g/mol. The van der Waals surface area contributed by atoms with Gasteiger partial charge in [-0.05, 0) is 31.2 Å². The first-order valence-corrected chi connectivity index (χ1v) is 9.28. The van der Waals surface area contributed by atoms with Gasteiger partial charge in [0.2, 0.25) is 5.89 Å². The van der Waals surface area contributed by atoms with E-state index < -0.39 is 0 Å². The molecule has 3 heterocycles. The van der Waals surface area contributed by atoms with Gasteiger partial charge in [0.1, 0.15) is 18.6 Å². The minimum absolute atomic E-state index is 0.0967. The molecule has 28 heavy (non-hydrogen) atoms. The molecule has 1 unspecified atom stereocenters. The van der Waals surface area contributed by atoms with Crippen molar-refractivity contribution in [3.63, 3.8) is 0 Å². The predicted molar refractivity (Wildman–Crippen MR) is 104 cm³/mol. The molecule has 1 aliphatic heterocycles. The summed E-state index contributed by atoms with van der Waals surface area (Å²) in [5, 5.41) is 3.31. The van der Waals surface area contributed by atoms with Gasteiger partial charge >= 0.3 is 0 Å². The van der Waals surface area contributed by atoms with E-state index in [-0.39, 0.29) is 11.9 Å². The first-order chi connectivity index (χ1) is 13.7. The van der Waals surface area contributed by atoms with Gasteiger partial charge in [-0.1, -0.05) is 17.7 Å². The second kappa shape index (κ2) is 8.22. The van der Waals surface area contributed by atoms with Crippen molar-refractivity contribution in [2.45, 2.75) is 13.0 Å². The third-order valence-corrected chi connectivity index (χ3v) is 4.68. The van der Waals surface area contributed by atoms with Crippen molar-refractivity contribution in [3.8, 4) is 17.2 Å². The number of nitrogens with zero attached hydrogens (tertiary/aromatic N) is 3. The summed E-state index contributed by atoms with van der Waals surface area (Å²) in [6.45, 7) is 4.37. The maximum absolute atomic E-state index is 13.0. The molecule has 1 saturated heterocycles. The van der Waals surface area contributed by atoms with Gasteiger partial charge in [-0.3, -0.25) is 9.78 Å². The zero-order valence-electron chi connectivity index (χ0n) is 15.7. The van der Waals surface area contributed by atoms with Crippen LogP contribution in [0.1, 0.15) is 16.1 Å². The van der Waals surface area contributed by atoms with Gasteiger partial charge in [-0.2, -0.15) is 0 Å². The minimum atomic E-state index is -0.149. The average molecular weight is 378 g/mol. The average Bonchev–Trinajstić information content (AvgIpc) is 3.23. The topological polar surface area (TPSA) is 80.5 Å². The maximum Gasteiger partial charge on any atom is 0.276 e. The van der Waals surface area contributed by atoms with Crippen molar-refractivity contribution in [1.29, 1.82) is 0 Å². The summed E-state index contributed by atoms with van der Waals surface area (Å²) in [5.74, 6) is 0.984. The molecule has 1 aromatic carbocycles. The predicted octanol–water partition coefficient (Wildman–Crippen LogP) is 2.54. The van der Waals surface area contributed by atoms with E-state index in [9.17, 15) is 4.79 Å². The Morgan fingerprint density at radius 2 is 2.29 bits per heavy atom. The van der Waals surface area contributed by atoms with Crippen LogP contribution < -0.4 is 10.1 Å². The Morgan fingerprint density at radius 3 is 3.11 bits per heavy atom. The second-order valence-corrected chi connectivity index (χ2v) is 6.76. The van der Waals surface area contributed by atoms with Gasteiger partial charge in [0.05, 0.1) is 12.2 Å². The van der Waals surface area contributed by atoms with Gasteiger partial charge in [-0.15, -0.1) is 0 Å². The molecule has 7 nitrogen and oxygen atoms in total. The molecule has 0 bridgehead atoms. The van der Waals surface area contributed by atoms with Crippen molar-refractivity contribution in [2.24, 2.45) is 0 Å². The molecule has 0 aliphatic carbocycles. The Hall–Kier alpha value is -3.19. The Morgan fingerprint density at radius 1 is 1.36 bits per heavy atom. The van der Waals surface area contributed by atoms with E-state index in [0.717, 1.165) is 17.7 Å². The molecule has 7 heteroatoms. The van der Waals surface area contributed by atoms with E-state index in [1.54, 1.807) is 17.3 Å². The number of piperazine rings is 1. The van der Waals surface area contributed by atoms with Crippen LogP contribution in [0.2, 0.25) is 0 Å². The van der Waals surface area contributed by atoms with Crippen LogP contribution in [-0.2, 0) is 0 Å². The van der Waals surface area contributed by atoms with Crippen molar-refractivity contribution < 1.29 is 13.9 Å². The summed E-state index contributed by atoms with van der Waals surface area (Å²) in [7, 11) is 0. The smallest absolute Gasteiger partial charge is 0.276 e. The summed E-state index contributed by atoms with van der Waals surface area (Å²) < 4.78 is 11.4. The lowest BCUT2D eigenvalue weighted by Crippen LogP contribution is -2.56. The van der Waals surface area contributed by atoms with E-state index in [1.165, 1.54) is 6.26 Å². The van der Waals surface area contributed by atoms with Gasteiger partial charge in [-0.25, -0.2) is 4.98 Å². The highest BCUT2D eigenvalue weighted by Gasteiger charge is 2.30. The fourth-order valence-corrected chi connectivity index (χ4v) is 3.23. The number of pyridine rings is 1. The number of nitrogens with one attached hydrogen (secondary N) is 1. The molecule has 1 amide bonds. The van der Waals surface area contributed by atoms with Crippen molar-refractivity contribution in [3.05, 3.63) is 66.3 Å². The van der Waals surface area contributed by atoms with E-state index in [2.05, 4.69) is 15.3 Å². The molecule has 1 aliphatic rings. The summed E-state index contributed by atoms with van der Waals surface area (Å²) in [6.07, 6.45) is 4.79. The Kier molecular flexibility index (Phi) is 5.34. The van der Waals surface area contributed by atoms with Crippen LogP contribution in [0.25, 0.3) is 11.5 Å². The van der Waals surface area contributed by atoms with E-state index in [1.807, 2.05) is 43.3 Å². The van der Waals surface area contributed by atoms with Crippen LogP contribution in [0.5, 0.6) is 5.75 Å². The first kappa shape index (κ1) is 18.2. The first-order valence-electron chi connectivity index (χ1n) is 9.28. The molecule has 144 valence electrons. The van der Waals surface area contributed by atoms with Crippen LogP contribution in [0.4, 0.5) is 0 Å². The van der Waals surface area contributed by atoms with E-state index >= 15 is 0 Å². The number of carbonyl (C=O) groups excluding carboxylic acids is 1. The quantitative estimate of drug-likeness (QED) is 0.735. The molecular weight excluding hydrogens is 356 g/mol. The van der Waals surface area contributed by atoms with Crippen molar-refractivity contribution in [1.82, 2.24) is 20.2 Å². The van der Waals surface area contributed by atoms with Crippen LogP contribution in [0.3, 0.4) is 0 Å². The lowest BCUT2D eigenvalue weighted by Gasteiger charge is -2.35. The zero-order valence-corrected chi connectivity index (χ0v) is 15.7. The number of hydrogen-bond donors (Lipinski definition) is 1. The molecule has 1 N–H and O–H groups in total. The highest BCUT2D eigenvalue weighted by atomic mass is 16.5. The SMILES string of the molecule is Cc1cccc(-c2nc(C(=O)N3CCNCC3COc3cccnc3)co2)c1. The van der Waals surface area contributed by atoms with Crippen LogP contribution in [-0.4, -0.2) is 53.1 Å². The van der Waals surface area contributed by atoms with E-state index in [0.29, 0.717) is 37.0 Å². The van der Waals surface area contributed by atoms with Crippen molar-refractivity contribution in [2.75, 3.05) is 26.2 Å². The minimum Gasteiger partial charge on any atom is -0.490 e. The number of aryl methyl sites for hydroxylation is 1. The Bertz CT molecular complexity index is 942. The largest absolute Gasteiger partial charge is 0.490 e. The van der Waals surface area contributed by atoms with Gasteiger partial charge in [0.25, 0.3) is 5.91 Å². The van der Waals surface area contributed by atoms with Crippen LogP contribution in [0.15, 0.2) is 59.5 Å². The Balaban J connectivity index is 1.47. The van der Waals surface area contributed by atoms with Crippen LogP contribution >= 0.6 is 0 Å². The molecule has 1 fully saturated rings. The third-order valence-electron chi connectivity index (χ3n) is 4.68. The standard InChI is InChI=1S/C21H22N4O3/c1-15-4-2-5-16(10-15)20-24-19(14-28-20)21(26)25-9-8-23-11-17(25)13-27-18-6-3-7-22-12-18/h2-7,10,12,14,17,23H,8-9,11,13H2,1H3. The second-order valence-electron chi connectivity index (χ2n) is 6.76. The molecule has 0 radical (unpaired) electrons. The van der Waals surface area contributed by atoms with Gasteiger partial charge in [0.15, 0.2) is 5.69 Å². The lowest BCUT2D eigenvalue weighted by atomic mass is 10.1. The number of aromatic nitrogens is 2. The molecule has 2 aromatic heterocycles. The van der Waals surface area contributed by atoms with Gasteiger partial charge < -0.3 is 19.4 Å². The summed E-state index contributed by atoms with van der Waals surface area (Å²) in [5.41, 5.74) is 2.28. The Labute approximate surface area is 163 Å². The molecule has 0 spiro atoms. The molecule has 3 aromatic rings. The molecule has 0 saturated carbocycles. The molecule has 4 rings (SSSR count). The maximum atomic E-state index is 13.0. The van der Waals surface area contributed by atoms with E-state index in [4.69, 9.17) is 9.15 Å². The van der Waals surface area contributed by atoms with Crippen molar-refractivity contribution >= 4 is 5.91 Å². The lowest BCUT2D eigenvalue weighted by molar-refractivity contribution is 0.0553. The normalized spacial score (nSPS) is 16.8. The summed E-state index contributed by atoms with van der Waals surface area (Å²) in [4.78, 5) is 23.3. The number of amides is 1. The van der Waals surface area contributed by atoms with Gasteiger partial charge in [0, 0.05) is 31.4 Å². The summed E-state index contributed by atoms with van der Waals surface area (Å²) in [6, 6.07) is 11.4. The fraction of sp³-hybridized carbons (Fsp3) is 0.286. The number of oxazole rings is 1. The number of ether oxygens (including phenoxy) is 1. The molecule has 1 atom stereocenters. The number of benzene rings is 1. The zero-order chi connectivity index (χ0) is 19.3. The highest BCUT2D eigenvalue weighted by Crippen LogP contribution is 2.21. The highest BCUT2D eigenvalue weighted by molar-refractivity contribution is 5.92. The third kappa shape index (κ3) is 4.04.